The number of carboxylic acids is 1. The van der Waals surface area contributed by atoms with E-state index < -0.39 is 12.4 Å². The molecule has 0 bridgehead atoms. The molecule has 17 heavy (non-hydrogen) atoms. The van der Waals surface area contributed by atoms with Crippen LogP contribution in [0.4, 0.5) is 14.5 Å². The second-order valence-corrected chi connectivity index (χ2v) is 4.65. The van der Waals surface area contributed by atoms with E-state index in [4.69, 9.17) is 9.84 Å². The highest BCUT2D eigenvalue weighted by atomic mass is 32.1. The van der Waals surface area contributed by atoms with Crippen molar-refractivity contribution < 1.29 is 23.4 Å². The van der Waals surface area contributed by atoms with E-state index >= 15 is 0 Å². The zero-order valence-corrected chi connectivity index (χ0v) is 9.67. The highest BCUT2D eigenvalue weighted by molar-refractivity contribution is 7.14. The Kier molecular flexibility index (Phi) is 3.58. The minimum absolute atomic E-state index is 0.0257. The summed E-state index contributed by atoms with van der Waals surface area (Å²) in [6, 6.07) is 1.27. The zero-order chi connectivity index (χ0) is 12.4. The van der Waals surface area contributed by atoms with E-state index in [0.717, 1.165) is 0 Å². The van der Waals surface area contributed by atoms with Gasteiger partial charge in [-0.05, 0) is 6.07 Å². The van der Waals surface area contributed by atoms with E-state index in [-0.39, 0.29) is 9.75 Å². The Morgan fingerprint density at radius 2 is 2.12 bits per heavy atom. The van der Waals surface area contributed by atoms with E-state index in [0.29, 0.717) is 43.3 Å². The van der Waals surface area contributed by atoms with Crippen molar-refractivity contribution in [2.24, 2.45) is 0 Å². The van der Waals surface area contributed by atoms with Gasteiger partial charge in [-0.2, -0.15) is 0 Å². The second kappa shape index (κ2) is 4.97. The normalized spacial score (nSPS) is 16.5. The third kappa shape index (κ3) is 2.55. The van der Waals surface area contributed by atoms with Crippen molar-refractivity contribution in [1.82, 2.24) is 0 Å². The van der Waals surface area contributed by atoms with Crippen LogP contribution in [0.3, 0.4) is 0 Å². The molecule has 7 heteroatoms. The molecule has 1 aliphatic heterocycles. The van der Waals surface area contributed by atoms with Gasteiger partial charge >= 0.3 is 5.97 Å². The van der Waals surface area contributed by atoms with Crippen LogP contribution in [0.1, 0.15) is 21.0 Å². The van der Waals surface area contributed by atoms with Gasteiger partial charge in [0, 0.05) is 13.1 Å². The van der Waals surface area contributed by atoms with E-state index in [1.165, 1.54) is 6.07 Å². The molecule has 1 aliphatic rings. The molecule has 1 aromatic rings. The lowest BCUT2D eigenvalue weighted by atomic mass is 10.3. The van der Waals surface area contributed by atoms with Gasteiger partial charge in [-0.15, -0.1) is 11.3 Å². The molecule has 0 amide bonds. The topological polar surface area (TPSA) is 49.8 Å². The van der Waals surface area contributed by atoms with Gasteiger partial charge in [-0.25, -0.2) is 13.6 Å². The summed E-state index contributed by atoms with van der Waals surface area (Å²) < 4.78 is 30.3. The molecular weight excluding hydrogens is 252 g/mol. The number of nitrogens with zero attached hydrogens (tertiary/aromatic N) is 1. The Balaban J connectivity index is 2.32. The second-order valence-electron chi connectivity index (χ2n) is 3.57. The summed E-state index contributed by atoms with van der Waals surface area (Å²) >= 11 is 0.637. The van der Waals surface area contributed by atoms with Crippen LogP contribution < -0.4 is 4.90 Å². The van der Waals surface area contributed by atoms with E-state index in [1.807, 2.05) is 0 Å². The van der Waals surface area contributed by atoms with Crippen LogP contribution in [0, 0.1) is 0 Å². The number of carboxylic acid groups (broad SMARTS) is 1. The van der Waals surface area contributed by atoms with Crippen LogP contribution >= 0.6 is 11.3 Å². The predicted octanol–water partition coefficient (Wildman–Crippen LogP) is 2.22. The van der Waals surface area contributed by atoms with Gasteiger partial charge in [0.2, 0.25) is 0 Å². The number of anilines is 1. The van der Waals surface area contributed by atoms with Crippen molar-refractivity contribution >= 4 is 23.0 Å². The quantitative estimate of drug-likeness (QED) is 0.908. The molecule has 0 aliphatic carbocycles. The molecule has 0 saturated carbocycles. The van der Waals surface area contributed by atoms with Crippen molar-refractivity contribution in [3.8, 4) is 0 Å². The lowest BCUT2D eigenvalue weighted by molar-refractivity contribution is 0.0701. The molecule has 0 unspecified atom stereocenters. The molecule has 94 valence electrons. The number of morpholine rings is 1. The molecular formula is C10H11F2NO3S. The lowest BCUT2D eigenvalue weighted by Gasteiger charge is -2.28. The van der Waals surface area contributed by atoms with Crippen molar-refractivity contribution in [3.05, 3.63) is 15.8 Å². The number of halogens is 2. The number of rotatable bonds is 3. The molecule has 1 N–H and O–H groups in total. The Bertz CT molecular complexity index is 416. The first-order chi connectivity index (χ1) is 8.09. The van der Waals surface area contributed by atoms with Crippen molar-refractivity contribution in [3.63, 3.8) is 0 Å². The Morgan fingerprint density at radius 1 is 1.47 bits per heavy atom. The number of aromatic carboxylic acids is 1. The summed E-state index contributed by atoms with van der Waals surface area (Å²) in [5, 5.41) is 9.00. The fraction of sp³-hybridized carbons (Fsp3) is 0.500. The molecule has 0 aromatic carbocycles. The van der Waals surface area contributed by atoms with Gasteiger partial charge in [-0.3, -0.25) is 0 Å². The van der Waals surface area contributed by atoms with Gasteiger partial charge in [0.1, 0.15) is 4.88 Å². The van der Waals surface area contributed by atoms with Crippen LogP contribution in [0.5, 0.6) is 0 Å². The molecule has 2 heterocycles. The van der Waals surface area contributed by atoms with Gasteiger partial charge in [-0.1, -0.05) is 0 Å². The number of alkyl halides is 2. The summed E-state index contributed by atoms with van der Waals surface area (Å²) in [4.78, 5) is 12.6. The first-order valence-electron chi connectivity index (χ1n) is 5.07. The summed E-state index contributed by atoms with van der Waals surface area (Å²) in [5.41, 5.74) is 0.376. The predicted molar refractivity (Wildman–Crippen MR) is 59.3 cm³/mol. The van der Waals surface area contributed by atoms with Crippen molar-refractivity contribution in [2.75, 3.05) is 31.2 Å². The number of thiophene rings is 1. The summed E-state index contributed by atoms with van der Waals surface area (Å²) in [5.74, 6) is -1.16. The van der Waals surface area contributed by atoms with Crippen LogP contribution in [0.2, 0.25) is 0 Å². The van der Waals surface area contributed by atoms with Gasteiger partial charge < -0.3 is 14.7 Å². The first-order valence-corrected chi connectivity index (χ1v) is 5.89. The number of hydrogen-bond acceptors (Lipinski definition) is 4. The maximum atomic E-state index is 12.6. The Hall–Kier alpha value is -1.21. The molecule has 0 spiro atoms. The van der Waals surface area contributed by atoms with Crippen LogP contribution in [-0.2, 0) is 4.74 Å². The minimum atomic E-state index is -2.63. The van der Waals surface area contributed by atoms with E-state index in [9.17, 15) is 13.6 Å². The molecule has 4 nitrogen and oxygen atoms in total. The van der Waals surface area contributed by atoms with E-state index in [2.05, 4.69) is 0 Å². The third-order valence-corrected chi connectivity index (χ3v) is 3.61. The first kappa shape index (κ1) is 12.3. The summed E-state index contributed by atoms with van der Waals surface area (Å²) in [7, 11) is 0. The SMILES string of the molecule is O=C(O)c1sc(C(F)F)cc1N1CCOCC1. The highest BCUT2D eigenvalue weighted by Gasteiger charge is 2.24. The number of ether oxygens (including phenoxy) is 1. The third-order valence-electron chi connectivity index (χ3n) is 2.49. The van der Waals surface area contributed by atoms with Gasteiger partial charge in [0.05, 0.1) is 23.8 Å². The molecule has 0 radical (unpaired) electrons. The van der Waals surface area contributed by atoms with Gasteiger partial charge in [0.15, 0.2) is 0 Å². The Labute approximate surface area is 100 Å². The standard InChI is InChI=1S/C10H11F2NO3S/c11-9(12)7-5-6(8(17-7)10(14)15)13-1-3-16-4-2-13/h5,9H,1-4H2,(H,14,15). The number of hydrogen-bond donors (Lipinski definition) is 1. The molecule has 0 atom stereocenters. The fourth-order valence-electron chi connectivity index (χ4n) is 1.70. The maximum absolute atomic E-state index is 12.6. The largest absolute Gasteiger partial charge is 0.477 e. The lowest BCUT2D eigenvalue weighted by Crippen LogP contribution is -2.36. The molecule has 1 fully saturated rings. The average Bonchev–Trinajstić information content (AvgIpc) is 2.75. The van der Waals surface area contributed by atoms with Crippen molar-refractivity contribution in [1.29, 1.82) is 0 Å². The Morgan fingerprint density at radius 3 is 2.65 bits per heavy atom. The molecule has 1 saturated heterocycles. The average molecular weight is 263 g/mol. The van der Waals surface area contributed by atoms with Crippen LogP contribution in [0.15, 0.2) is 6.07 Å². The zero-order valence-electron chi connectivity index (χ0n) is 8.86. The van der Waals surface area contributed by atoms with Crippen molar-refractivity contribution in [2.45, 2.75) is 6.43 Å². The van der Waals surface area contributed by atoms with Crippen LogP contribution in [-0.4, -0.2) is 37.4 Å². The monoisotopic (exact) mass is 263 g/mol. The summed E-state index contributed by atoms with van der Waals surface area (Å²) in [6.07, 6.45) is -2.63. The van der Waals surface area contributed by atoms with Gasteiger partial charge in [0.25, 0.3) is 6.43 Å². The van der Waals surface area contributed by atoms with E-state index in [1.54, 1.807) is 4.90 Å². The van der Waals surface area contributed by atoms with Crippen LogP contribution in [0.25, 0.3) is 0 Å². The minimum Gasteiger partial charge on any atom is -0.477 e. The molecule has 2 rings (SSSR count). The maximum Gasteiger partial charge on any atom is 0.348 e. The molecule has 1 aromatic heterocycles. The smallest absolute Gasteiger partial charge is 0.348 e. The fourth-order valence-corrected chi connectivity index (χ4v) is 2.58. The number of carbonyl (C=O) groups is 1. The highest BCUT2D eigenvalue weighted by Crippen LogP contribution is 2.36. The summed E-state index contributed by atoms with van der Waals surface area (Å²) in [6.45, 7) is 2.03.